The van der Waals surface area contributed by atoms with Gasteiger partial charge in [-0.1, -0.05) is 121 Å². The van der Waals surface area contributed by atoms with Gasteiger partial charge in [0, 0.05) is 19.6 Å². The molecule has 0 bridgehead atoms. The Morgan fingerprint density at radius 1 is 0.667 bits per heavy atom. The van der Waals surface area contributed by atoms with Crippen molar-refractivity contribution in [3.05, 3.63) is 36.5 Å². The lowest BCUT2D eigenvalue weighted by Gasteiger charge is -2.20. The molecule has 0 aromatic rings. The lowest BCUT2D eigenvalue weighted by Crippen LogP contribution is -2.28. The Hall–Kier alpha value is -1.28. The predicted molar refractivity (Wildman–Crippen MR) is 187 cm³/mol. The molecule has 9 heteroatoms. The molecular weight excluding hydrogens is 589 g/mol. The second kappa shape index (κ2) is 34.1. The topological polar surface area (TPSA) is 117 Å². The molecular formula is C36H68NO7P. The van der Waals surface area contributed by atoms with Crippen molar-refractivity contribution in [3.8, 4) is 0 Å². The van der Waals surface area contributed by atoms with Gasteiger partial charge in [-0.25, -0.2) is 4.57 Å². The lowest BCUT2D eigenvalue weighted by molar-refractivity contribution is -0.154. The van der Waals surface area contributed by atoms with Gasteiger partial charge in [-0.05, 0) is 57.8 Å². The molecule has 0 spiro atoms. The van der Waals surface area contributed by atoms with Crippen molar-refractivity contribution in [1.82, 2.24) is 0 Å². The number of allylic oxidation sites excluding steroid dienone is 6. The second-order valence-corrected chi connectivity index (χ2v) is 13.2. The Labute approximate surface area is 276 Å². The van der Waals surface area contributed by atoms with Crippen molar-refractivity contribution in [2.75, 3.05) is 33.0 Å². The first-order chi connectivity index (χ1) is 21.9. The van der Waals surface area contributed by atoms with Crippen LogP contribution in [0.3, 0.4) is 0 Å². The van der Waals surface area contributed by atoms with Gasteiger partial charge in [0.15, 0.2) is 0 Å². The molecule has 0 saturated heterocycles. The second-order valence-electron chi connectivity index (χ2n) is 11.7. The molecule has 0 aromatic carbocycles. The zero-order valence-electron chi connectivity index (χ0n) is 28.8. The Bertz CT molecular complexity index is 787. The minimum Gasteiger partial charge on any atom is -0.457 e. The Balaban J connectivity index is 4.16. The first-order valence-electron chi connectivity index (χ1n) is 18.0. The average molecular weight is 658 g/mol. The minimum atomic E-state index is -4.27. The Kier molecular flexibility index (Phi) is 33.1. The van der Waals surface area contributed by atoms with Crippen LogP contribution in [0, 0.1) is 0 Å². The number of phosphoric acid groups is 1. The van der Waals surface area contributed by atoms with Crippen LogP contribution in [0.4, 0.5) is 0 Å². The van der Waals surface area contributed by atoms with Crippen LogP contribution in [0.2, 0.25) is 0 Å². The van der Waals surface area contributed by atoms with Gasteiger partial charge in [-0.3, -0.25) is 13.8 Å². The number of esters is 1. The van der Waals surface area contributed by atoms with Crippen molar-refractivity contribution in [2.24, 2.45) is 5.73 Å². The molecule has 0 aliphatic heterocycles. The molecule has 0 fully saturated rings. The Morgan fingerprint density at radius 3 is 1.76 bits per heavy atom. The van der Waals surface area contributed by atoms with E-state index in [4.69, 9.17) is 24.3 Å². The molecule has 8 nitrogen and oxygen atoms in total. The molecule has 0 aromatic heterocycles. The third kappa shape index (κ3) is 33.9. The summed E-state index contributed by atoms with van der Waals surface area (Å²) in [6.07, 6.45) is 35.8. The summed E-state index contributed by atoms with van der Waals surface area (Å²) in [5, 5.41) is 0. The van der Waals surface area contributed by atoms with E-state index >= 15 is 0 Å². The number of nitrogens with two attached hydrogens (primary N) is 1. The Morgan fingerprint density at radius 2 is 1.18 bits per heavy atom. The van der Waals surface area contributed by atoms with Crippen LogP contribution in [-0.4, -0.2) is 49.9 Å². The summed E-state index contributed by atoms with van der Waals surface area (Å²) < 4.78 is 33.2. The number of hydrogen-bond acceptors (Lipinski definition) is 7. The maximum atomic E-state index is 12.5. The molecule has 0 heterocycles. The van der Waals surface area contributed by atoms with Crippen LogP contribution >= 0.6 is 7.82 Å². The zero-order valence-corrected chi connectivity index (χ0v) is 29.7. The molecule has 0 radical (unpaired) electrons. The standard InChI is InChI=1S/C36H68NO7P/c1-3-5-7-9-11-13-15-17-18-19-21-23-25-27-29-36(38)44-35(34-43-45(39,40)42-32-30-37)33-41-31-28-26-24-22-20-16-14-12-10-8-6-4-2/h9-12,15,17,35H,3-8,13-14,16,18-34,37H2,1-2H3,(H,39,40)/b11-9-,12-10-,17-15-. The summed E-state index contributed by atoms with van der Waals surface area (Å²) in [5.41, 5.74) is 5.34. The third-order valence-electron chi connectivity index (χ3n) is 7.28. The first kappa shape index (κ1) is 43.7. The zero-order chi connectivity index (χ0) is 33.1. The molecule has 0 amide bonds. The number of phosphoric ester groups is 1. The molecule has 0 aliphatic rings. The molecule has 45 heavy (non-hydrogen) atoms. The number of rotatable bonds is 34. The van der Waals surface area contributed by atoms with E-state index in [2.05, 4.69) is 50.3 Å². The minimum absolute atomic E-state index is 0.0963. The highest BCUT2D eigenvalue weighted by Crippen LogP contribution is 2.43. The normalized spacial score (nSPS) is 14.1. The van der Waals surface area contributed by atoms with Crippen LogP contribution < -0.4 is 5.73 Å². The van der Waals surface area contributed by atoms with E-state index in [1.807, 2.05) is 0 Å². The van der Waals surface area contributed by atoms with Crippen molar-refractivity contribution in [2.45, 2.75) is 155 Å². The fourth-order valence-electron chi connectivity index (χ4n) is 4.58. The van der Waals surface area contributed by atoms with Gasteiger partial charge in [0.2, 0.25) is 0 Å². The van der Waals surface area contributed by atoms with E-state index in [1.54, 1.807) is 0 Å². The van der Waals surface area contributed by atoms with E-state index in [9.17, 15) is 14.3 Å². The van der Waals surface area contributed by atoms with E-state index < -0.39 is 13.9 Å². The number of ether oxygens (including phenoxy) is 2. The molecule has 0 aliphatic carbocycles. The fourth-order valence-corrected chi connectivity index (χ4v) is 5.35. The summed E-state index contributed by atoms with van der Waals surface area (Å²) in [6.45, 7) is 4.80. The van der Waals surface area contributed by atoms with Gasteiger partial charge in [-0.15, -0.1) is 0 Å². The highest BCUT2D eigenvalue weighted by molar-refractivity contribution is 7.47. The third-order valence-corrected chi connectivity index (χ3v) is 8.26. The average Bonchev–Trinajstić information content (AvgIpc) is 3.02. The van der Waals surface area contributed by atoms with Gasteiger partial charge < -0.3 is 20.1 Å². The van der Waals surface area contributed by atoms with Crippen molar-refractivity contribution in [1.29, 1.82) is 0 Å². The van der Waals surface area contributed by atoms with Crippen molar-refractivity contribution >= 4 is 13.8 Å². The predicted octanol–water partition coefficient (Wildman–Crippen LogP) is 9.91. The van der Waals surface area contributed by atoms with Crippen molar-refractivity contribution in [3.63, 3.8) is 0 Å². The van der Waals surface area contributed by atoms with Gasteiger partial charge in [0.1, 0.15) is 6.10 Å². The highest BCUT2D eigenvalue weighted by atomic mass is 31.2. The summed E-state index contributed by atoms with van der Waals surface area (Å²) in [4.78, 5) is 22.3. The van der Waals surface area contributed by atoms with Gasteiger partial charge in [0.25, 0.3) is 0 Å². The number of hydrogen-bond donors (Lipinski definition) is 2. The summed E-state index contributed by atoms with van der Waals surface area (Å²) in [6, 6.07) is 0. The molecule has 3 N–H and O–H groups in total. The van der Waals surface area contributed by atoms with E-state index in [-0.39, 0.29) is 32.3 Å². The molecule has 264 valence electrons. The maximum Gasteiger partial charge on any atom is 0.472 e. The summed E-state index contributed by atoms with van der Waals surface area (Å²) in [5.74, 6) is -0.349. The van der Waals surface area contributed by atoms with Gasteiger partial charge in [0.05, 0.1) is 19.8 Å². The van der Waals surface area contributed by atoms with Crippen LogP contribution in [0.5, 0.6) is 0 Å². The molecule has 2 atom stereocenters. The fraction of sp³-hybridized carbons (Fsp3) is 0.806. The largest absolute Gasteiger partial charge is 0.472 e. The van der Waals surface area contributed by atoms with Crippen LogP contribution in [0.1, 0.15) is 149 Å². The van der Waals surface area contributed by atoms with Crippen LogP contribution in [0.25, 0.3) is 0 Å². The number of unbranched alkanes of at least 4 members (excludes halogenated alkanes) is 15. The van der Waals surface area contributed by atoms with E-state index in [1.165, 1.54) is 70.6 Å². The summed E-state index contributed by atoms with van der Waals surface area (Å²) >= 11 is 0. The first-order valence-corrected chi connectivity index (χ1v) is 19.5. The maximum absolute atomic E-state index is 12.5. The lowest BCUT2D eigenvalue weighted by atomic mass is 10.1. The molecule has 0 rings (SSSR count). The SMILES string of the molecule is CCCC/C=C\C/C=C\CCCCCCCC(=O)OC(COCCCCCCCC/C=C\CCCC)COP(=O)(O)OCCN. The number of carbonyl (C=O) groups is 1. The molecule has 0 saturated carbocycles. The monoisotopic (exact) mass is 657 g/mol. The van der Waals surface area contributed by atoms with Crippen LogP contribution in [-0.2, 0) is 27.9 Å². The molecule has 2 unspecified atom stereocenters. The smallest absolute Gasteiger partial charge is 0.457 e. The summed E-state index contributed by atoms with van der Waals surface area (Å²) in [7, 11) is -4.27. The quantitative estimate of drug-likeness (QED) is 0.0304. The van der Waals surface area contributed by atoms with E-state index in [0.717, 1.165) is 57.8 Å². The van der Waals surface area contributed by atoms with Crippen LogP contribution in [0.15, 0.2) is 36.5 Å². The van der Waals surface area contributed by atoms with Gasteiger partial charge in [-0.2, -0.15) is 0 Å². The van der Waals surface area contributed by atoms with Gasteiger partial charge >= 0.3 is 13.8 Å². The van der Waals surface area contributed by atoms with Crippen molar-refractivity contribution < 1.29 is 32.8 Å². The number of carbonyl (C=O) groups excluding carboxylic acids is 1. The highest BCUT2D eigenvalue weighted by Gasteiger charge is 2.25. The van der Waals surface area contributed by atoms with E-state index in [0.29, 0.717) is 13.0 Å².